The van der Waals surface area contributed by atoms with Crippen molar-refractivity contribution in [3.63, 3.8) is 0 Å². The van der Waals surface area contributed by atoms with Gasteiger partial charge in [0.25, 0.3) is 0 Å². The predicted octanol–water partition coefficient (Wildman–Crippen LogP) is 1.47. The minimum Gasteiger partial charge on any atom is -0.497 e. The zero-order chi connectivity index (χ0) is 11.3. The molecule has 0 aliphatic heterocycles. The van der Waals surface area contributed by atoms with Gasteiger partial charge in [0, 0.05) is 6.92 Å². The molecule has 1 amide bonds. The van der Waals surface area contributed by atoms with Gasteiger partial charge in [0.2, 0.25) is 5.91 Å². The number of hydrazone groups is 1. The Bertz CT molecular complexity index is 386. The van der Waals surface area contributed by atoms with Crippen LogP contribution in [0.4, 0.5) is 0 Å². The molecule has 1 rings (SSSR count). The molecule has 0 saturated heterocycles. The number of methoxy groups -OCH3 is 1. The van der Waals surface area contributed by atoms with E-state index >= 15 is 0 Å². The largest absolute Gasteiger partial charge is 0.497 e. The second-order valence-corrected chi connectivity index (χ2v) is 3.15. The van der Waals surface area contributed by atoms with Crippen LogP contribution < -0.4 is 10.2 Å². The van der Waals surface area contributed by atoms with E-state index < -0.39 is 0 Å². The van der Waals surface area contributed by atoms with E-state index in [1.807, 2.05) is 25.1 Å². The molecule has 0 heterocycles. The predicted molar refractivity (Wildman–Crippen MR) is 59.1 cm³/mol. The third kappa shape index (κ3) is 3.42. The van der Waals surface area contributed by atoms with Crippen LogP contribution in [0.25, 0.3) is 0 Å². The second kappa shape index (κ2) is 5.14. The fraction of sp³-hybridized carbons (Fsp3) is 0.273. The lowest BCUT2D eigenvalue weighted by Gasteiger charge is -2.03. The van der Waals surface area contributed by atoms with Crippen molar-refractivity contribution < 1.29 is 9.53 Å². The summed E-state index contributed by atoms with van der Waals surface area (Å²) in [6.07, 6.45) is 1.61. The van der Waals surface area contributed by atoms with Gasteiger partial charge in [-0.25, -0.2) is 5.43 Å². The van der Waals surface area contributed by atoms with Crippen LogP contribution in [0.2, 0.25) is 0 Å². The maximum absolute atomic E-state index is 10.6. The van der Waals surface area contributed by atoms with Gasteiger partial charge in [0.05, 0.1) is 13.3 Å². The molecule has 0 unspecified atom stereocenters. The number of nitrogens with zero attached hydrogens (tertiary/aromatic N) is 1. The quantitative estimate of drug-likeness (QED) is 0.601. The lowest BCUT2D eigenvalue weighted by Crippen LogP contribution is -2.12. The normalized spacial score (nSPS) is 10.3. The molecule has 4 nitrogen and oxygen atoms in total. The number of carbonyl (C=O) groups is 1. The Morgan fingerprint density at radius 2 is 2.27 bits per heavy atom. The van der Waals surface area contributed by atoms with Crippen molar-refractivity contribution in [3.8, 4) is 5.75 Å². The van der Waals surface area contributed by atoms with E-state index in [1.54, 1.807) is 13.3 Å². The number of nitrogens with one attached hydrogen (secondary N) is 1. The van der Waals surface area contributed by atoms with Crippen molar-refractivity contribution in [3.05, 3.63) is 29.3 Å². The van der Waals surface area contributed by atoms with Crippen LogP contribution in [0, 0.1) is 6.92 Å². The molecule has 1 aromatic carbocycles. The molecule has 1 aromatic rings. The van der Waals surface area contributed by atoms with Gasteiger partial charge in [-0.05, 0) is 36.2 Å². The van der Waals surface area contributed by atoms with Gasteiger partial charge < -0.3 is 4.74 Å². The standard InChI is InChI=1S/C11H14N2O2/c1-8-6-11(15-3)5-4-10(8)7-12-13-9(2)14/h4-7H,1-3H3,(H,13,14)/b12-7-. The van der Waals surface area contributed by atoms with Crippen molar-refractivity contribution >= 4 is 12.1 Å². The maximum Gasteiger partial charge on any atom is 0.236 e. The van der Waals surface area contributed by atoms with Crippen molar-refractivity contribution in [2.75, 3.05) is 7.11 Å². The van der Waals surface area contributed by atoms with E-state index in [4.69, 9.17) is 4.74 Å². The molecular formula is C11H14N2O2. The van der Waals surface area contributed by atoms with E-state index in [0.717, 1.165) is 16.9 Å². The van der Waals surface area contributed by atoms with Crippen molar-refractivity contribution in [1.29, 1.82) is 0 Å². The monoisotopic (exact) mass is 206 g/mol. The molecule has 0 aromatic heterocycles. The average Bonchev–Trinajstić information content (AvgIpc) is 2.20. The third-order valence-corrected chi connectivity index (χ3v) is 1.90. The third-order valence-electron chi connectivity index (χ3n) is 1.90. The van der Waals surface area contributed by atoms with Gasteiger partial charge in [-0.2, -0.15) is 5.10 Å². The molecule has 0 fully saturated rings. The summed E-state index contributed by atoms with van der Waals surface area (Å²) in [7, 11) is 1.62. The molecule has 0 bridgehead atoms. The number of aryl methyl sites for hydroxylation is 1. The fourth-order valence-corrected chi connectivity index (χ4v) is 1.11. The first-order valence-electron chi connectivity index (χ1n) is 4.58. The molecule has 0 saturated carbocycles. The highest BCUT2D eigenvalue weighted by Gasteiger charge is 1.97. The van der Waals surface area contributed by atoms with Gasteiger partial charge in [0.15, 0.2) is 0 Å². The maximum atomic E-state index is 10.6. The molecule has 0 aliphatic rings. The molecular weight excluding hydrogens is 192 g/mol. The molecule has 0 spiro atoms. The second-order valence-electron chi connectivity index (χ2n) is 3.15. The number of benzene rings is 1. The number of hydrogen-bond donors (Lipinski definition) is 1. The van der Waals surface area contributed by atoms with Crippen LogP contribution in [-0.2, 0) is 4.79 Å². The SMILES string of the molecule is COc1ccc(/C=N\NC(C)=O)c(C)c1. The van der Waals surface area contributed by atoms with Crippen LogP contribution in [0.1, 0.15) is 18.1 Å². The first-order valence-corrected chi connectivity index (χ1v) is 4.58. The van der Waals surface area contributed by atoms with E-state index in [2.05, 4.69) is 10.5 Å². The Labute approximate surface area is 88.9 Å². The van der Waals surface area contributed by atoms with Gasteiger partial charge in [-0.3, -0.25) is 4.79 Å². The summed E-state index contributed by atoms with van der Waals surface area (Å²) in [6, 6.07) is 5.65. The van der Waals surface area contributed by atoms with Crippen LogP contribution in [0.15, 0.2) is 23.3 Å². The van der Waals surface area contributed by atoms with E-state index in [9.17, 15) is 4.79 Å². The highest BCUT2D eigenvalue weighted by molar-refractivity contribution is 5.83. The molecule has 0 radical (unpaired) electrons. The Balaban J connectivity index is 2.78. The zero-order valence-electron chi connectivity index (χ0n) is 9.07. The number of carbonyl (C=O) groups excluding carboxylic acids is 1. The summed E-state index contributed by atoms with van der Waals surface area (Å²) >= 11 is 0. The Hall–Kier alpha value is -1.84. The number of ether oxygens (including phenoxy) is 1. The van der Waals surface area contributed by atoms with Crippen molar-refractivity contribution in [2.24, 2.45) is 5.10 Å². The van der Waals surface area contributed by atoms with Gasteiger partial charge in [-0.15, -0.1) is 0 Å². The lowest BCUT2D eigenvalue weighted by molar-refractivity contribution is -0.118. The summed E-state index contributed by atoms with van der Waals surface area (Å²) in [5, 5.41) is 3.79. The Morgan fingerprint density at radius 1 is 1.53 bits per heavy atom. The zero-order valence-corrected chi connectivity index (χ0v) is 9.07. The average molecular weight is 206 g/mol. The molecule has 15 heavy (non-hydrogen) atoms. The molecule has 80 valence electrons. The number of hydrogen-bond acceptors (Lipinski definition) is 3. The van der Waals surface area contributed by atoms with E-state index in [0.29, 0.717) is 0 Å². The summed E-state index contributed by atoms with van der Waals surface area (Å²) < 4.78 is 5.08. The first kappa shape index (κ1) is 11.2. The topological polar surface area (TPSA) is 50.7 Å². The summed E-state index contributed by atoms with van der Waals surface area (Å²) in [6.45, 7) is 3.37. The number of rotatable bonds is 3. The van der Waals surface area contributed by atoms with Crippen LogP contribution in [0.5, 0.6) is 5.75 Å². The Kier molecular flexibility index (Phi) is 3.85. The summed E-state index contributed by atoms with van der Waals surface area (Å²) in [5.41, 5.74) is 4.34. The van der Waals surface area contributed by atoms with Gasteiger partial charge in [0.1, 0.15) is 5.75 Å². The first-order chi connectivity index (χ1) is 7.13. The molecule has 0 atom stereocenters. The van der Waals surface area contributed by atoms with Crippen LogP contribution in [-0.4, -0.2) is 19.2 Å². The van der Waals surface area contributed by atoms with Crippen molar-refractivity contribution in [2.45, 2.75) is 13.8 Å². The minimum absolute atomic E-state index is 0.183. The summed E-state index contributed by atoms with van der Waals surface area (Å²) in [5.74, 6) is 0.626. The van der Waals surface area contributed by atoms with Crippen LogP contribution >= 0.6 is 0 Å². The smallest absolute Gasteiger partial charge is 0.236 e. The van der Waals surface area contributed by atoms with E-state index in [-0.39, 0.29) is 5.91 Å². The molecule has 4 heteroatoms. The highest BCUT2D eigenvalue weighted by Crippen LogP contribution is 2.15. The van der Waals surface area contributed by atoms with E-state index in [1.165, 1.54) is 6.92 Å². The molecule has 1 N–H and O–H groups in total. The number of amides is 1. The van der Waals surface area contributed by atoms with Gasteiger partial charge >= 0.3 is 0 Å². The Morgan fingerprint density at radius 3 is 2.80 bits per heavy atom. The lowest BCUT2D eigenvalue weighted by atomic mass is 10.1. The fourth-order valence-electron chi connectivity index (χ4n) is 1.11. The van der Waals surface area contributed by atoms with Gasteiger partial charge in [-0.1, -0.05) is 0 Å². The molecule has 0 aliphatic carbocycles. The van der Waals surface area contributed by atoms with Crippen molar-refractivity contribution in [1.82, 2.24) is 5.43 Å². The summed E-state index contributed by atoms with van der Waals surface area (Å²) in [4.78, 5) is 10.6. The van der Waals surface area contributed by atoms with Crippen LogP contribution in [0.3, 0.4) is 0 Å². The minimum atomic E-state index is -0.183. The highest BCUT2D eigenvalue weighted by atomic mass is 16.5.